The van der Waals surface area contributed by atoms with Gasteiger partial charge in [-0.3, -0.25) is 4.79 Å². The molecule has 21 heavy (non-hydrogen) atoms. The molecule has 2 rings (SSSR count). The molecule has 2 atom stereocenters. The minimum atomic E-state index is -0.450. The lowest BCUT2D eigenvalue weighted by atomic mass is 9.96. The molecular weight excluding hydrogens is 266 g/mol. The van der Waals surface area contributed by atoms with Gasteiger partial charge in [-0.2, -0.15) is 0 Å². The first kappa shape index (κ1) is 16.1. The molecule has 1 heterocycles. The Labute approximate surface area is 127 Å². The Balaban J connectivity index is 1.77. The van der Waals surface area contributed by atoms with E-state index < -0.39 is 6.04 Å². The van der Waals surface area contributed by atoms with Crippen LogP contribution in [0.4, 0.5) is 4.79 Å². The van der Waals surface area contributed by atoms with Gasteiger partial charge in [0.15, 0.2) is 0 Å². The Morgan fingerprint density at radius 1 is 1.05 bits per heavy atom. The van der Waals surface area contributed by atoms with Gasteiger partial charge >= 0.3 is 6.03 Å². The van der Waals surface area contributed by atoms with Gasteiger partial charge in [0.25, 0.3) is 0 Å². The summed E-state index contributed by atoms with van der Waals surface area (Å²) in [6, 6.07) is -0.0894. The van der Waals surface area contributed by atoms with E-state index in [1.807, 2.05) is 4.90 Å². The van der Waals surface area contributed by atoms with Crippen molar-refractivity contribution in [2.45, 2.75) is 83.3 Å². The van der Waals surface area contributed by atoms with Gasteiger partial charge in [0.2, 0.25) is 5.91 Å². The highest BCUT2D eigenvalue weighted by molar-refractivity contribution is 5.87. The third-order valence-corrected chi connectivity index (χ3v) is 4.74. The predicted molar refractivity (Wildman–Crippen MR) is 83.0 cm³/mol. The van der Waals surface area contributed by atoms with Crippen molar-refractivity contribution in [3.8, 4) is 0 Å². The Morgan fingerprint density at radius 3 is 2.38 bits per heavy atom. The number of amides is 3. The van der Waals surface area contributed by atoms with Crippen LogP contribution in [0, 0.1) is 0 Å². The molecule has 120 valence electrons. The Hall–Kier alpha value is -1.26. The van der Waals surface area contributed by atoms with Crippen LogP contribution in [-0.4, -0.2) is 41.5 Å². The molecule has 0 unspecified atom stereocenters. The average molecular weight is 295 g/mol. The van der Waals surface area contributed by atoms with Gasteiger partial charge in [0.1, 0.15) is 6.04 Å². The first-order chi connectivity index (χ1) is 10.1. The molecule has 0 bridgehead atoms. The number of hydrogen-bond acceptors (Lipinski definition) is 2. The number of likely N-dealkylation sites (tertiary alicyclic amines) is 1. The molecule has 0 aromatic carbocycles. The standard InChI is InChI=1S/C16H29N3O2/c1-12-8-6-7-11-19(12)15(20)13(2)17-16(21)18-14-9-4-3-5-10-14/h12-14H,3-11H2,1-2H3,(H2,17,18,21)/t12-,13+/m1/s1. The van der Waals surface area contributed by atoms with Crippen LogP contribution >= 0.6 is 0 Å². The van der Waals surface area contributed by atoms with Crippen LogP contribution in [0.1, 0.15) is 65.2 Å². The van der Waals surface area contributed by atoms with Crippen LogP contribution in [0.2, 0.25) is 0 Å². The van der Waals surface area contributed by atoms with Gasteiger partial charge < -0.3 is 15.5 Å². The van der Waals surface area contributed by atoms with Gasteiger partial charge in [-0.15, -0.1) is 0 Å². The van der Waals surface area contributed by atoms with Crippen molar-refractivity contribution in [1.29, 1.82) is 0 Å². The normalized spacial score (nSPS) is 25.2. The SMILES string of the molecule is C[C@H](NC(=O)NC1CCCCC1)C(=O)N1CCCC[C@H]1C. The van der Waals surface area contributed by atoms with E-state index in [0.29, 0.717) is 0 Å². The summed E-state index contributed by atoms with van der Waals surface area (Å²) in [5.74, 6) is 0.0426. The molecule has 1 aliphatic heterocycles. The second-order valence-electron chi connectivity index (χ2n) is 6.55. The molecule has 0 aromatic heterocycles. The van der Waals surface area contributed by atoms with Crippen LogP contribution < -0.4 is 10.6 Å². The zero-order valence-electron chi connectivity index (χ0n) is 13.4. The second kappa shape index (κ2) is 7.66. The van der Waals surface area contributed by atoms with Crippen LogP contribution in [0.15, 0.2) is 0 Å². The maximum atomic E-state index is 12.4. The largest absolute Gasteiger partial charge is 0.338 e. The van der Waals surface area contributed by atoms with Gasteiger partial charge in [0.05, 0.1) is 0 Å². The van der Waals surface area contributed by atoms with E-state index in [4.69, 9.17) is 0 Å². The van der Waals surface area contributed by atoms with E-state index in [1.165, 1.54) is 25.7 Å². The highest BCUT2D eigenvalue weighted by atomic mass is 16.2. The summed E-state index contributed by atoms with van der Waals surface area (Å²) < 4.78 is 0. The average Bonchev–Trinajstić information content (AvgIpc) is 2.48. The maximum absolute atomic E-state index is 12.4. The number of nitrogens with one attached hydrogen (secondary N) is 2. The summed E-state index contributed by atoms with van der Waals surface area (Å²) in [7, 11) is 0. The lowest BCUT2D eigenvalue weighted by molar-refractivity contribution is -0.136. The maximum Gasteiger partial charge on any atom is 0.315 e. The number of urea groups is 1. The zero-order chi connectivity index (χ0) is 15.2. The number of nitrogens with zero attached hydrogens (tertiary/aromatic N) is 1. The van der Waals surface area contributed by atoms with Gasteiger partial charge in [-0.05, 0) is 46.0 Å². The first-order valence-corrected chi connectivity index (χ1v) is 8.45. The van der Waals surface area contributed by atoms with Gasteiger partial charge in [-0.1, -0.05) is 19.3 Å². The monoisotopic (exact) mass is 295 g/mol. The topological polar surface area (TPSA) is 61.4 Å². The van der Waals surface area contributed by atoms with Gasteiger partial charge in [-0.25, -0.2) is 4.79 Å². The minimum Gasteiger partial charge on any atom is -0.338 e. The molecular formula is C16H29N3O2. The van der Waals surface area contributed by atoms with Crippen molar-refractivity contribution in [2.24, 2.45) is 0 Å². The fraction of sp³-hybridized carbons (Fsp3) is 0.875. The summed E-state index contributed by atoms with van der Waals surface area (Å²) in [4.78, 5) is 26.3. The van der Waals surface area contributed by atoms with E-state index >= 15 is 0 Å². The summed E-state index contributed by atoms with van der Waals surface area (Å²) >= 11 is 0. The lowest BCUT2D eigenvalue weighted by Gasteiger charge is -2.35. The Morgan fingerprint density at radius 2 is 1.71 bits per heavy atom. The molecule has 5 nitrogen and oxygen atoms in total. The number of rotatable bonds is 3. The molecule has 2 fully saturated rings. The summed E-state index contributed by atoms with van der Waals surface area (Å²) in [6.07, 6.45) is 9.06. The van der Waals surface area contributed by atoms with Crippen LogP contribution in [0.25, 0.3) is 0 Å². The third kappa shape index (κ3) is 4.61. The smallest absolute Gasteiger partial charge is 0.315 e. The van der Waals surface area contributed by atoms with Crippen LogP contribution in [0.5, 0.6) is 0 Å². The van der Waals surface area contributed by atoms with E-state index in [0.717, 1.165) is 32.2 Å². The number of carbonyl (C=O) groups is 2. The Bertz CT molecular complexity index is 367. The zero-order valence-corrected chi connectivity index (χ0v) is 13.4. The molecule has 0 spiro atoms. The molecule has 0 aromatic rings. The van der Waals surface area contributed by atoms with E-state index in [2.05, 4.69) is 17.6 Å². The number of carbonyl (C=O) groups excluding carboxylic acids is 2. The first-order valence-electron chi connectivity index (χ1n) is 8.45. The van der Waals surface area contributed by atoms with E-state index in [9.17, 15) is 9.59 Å². The van der Waals surface area contributed by atoms with Crippen molar-refractivity contribution in [3.63, 3.8) is 0 Å². The van der Waals surface area contributed by atoms with Crippen molar-refractivity contribution in [3.05, 3.63) is 0 Å². The number of hydrogen-bond donors (Lipinski definition) is 2. The fourth-order valence-electron chi connectivity index (χ4n) is 3.41. The summed E-state index contributed by atoms with van der Waals surface area (Å²) in [6.45, 7) is 4.69. The lowest BCUT2D eigenvalue weighted by Crippen LogP contribution is -2.54. The van der Waals surface area contributed by atoms with Crippen molar-refractivity contribution in [2.75, 3.05) is 6.54 Å². The second-order valence-corrected chi connectivity index (χ2v) is 6.55. The van der Waals surface area contributed by atoms with Crippen LogP contribution in [0.3, 0.4) is 0 Å². The van der Waals surface area contributed by atoms with Gasteiger partial charge in [0, 0.05) is 18.6 Å². The predicted octanol–water partition coefficient (Wildman–Crippen LogP) is 2.41. The molecule has 2 N–H and O–H groups in total. The van der Waals surface area contributed by atoms with Crippen LogP contribution in [-0.2, 0) is 4.79 Å². The molecule has 1 saturated heterocycles. The fourth-order valence-corrected chi connectivity index (χ4v) is 3.41. The minimum absolute atomic E-state index is 0.0426. The van der Waals surface area contributed by atoms with E-state index in [1.54, 1.807) is 6.92 Å². The molecule has 2 aliphatic rings. The van der Waals surface area contributed by atoms with Crippen molar-refractivity contribution in [1.82, 2.24) is 15.5 Å². The third-order valence-electron chi connectivity index (χ3n) is 4.74. The highest BCUT2D eigenvalue weighted by Gasteiger charge is 2.28. The molecule has 3 amide bonds. The van der Waals surface area contributed by atoms with Crippen molar-refractivity contribution >= 4 is 11.9 Å². The molecule has 1 aliphatic carbocycles. The Kier molecular flexibility index (Phi) is 5.88. The molecule has 0 radical (unpaired) electrons. The summed E-state index contributed by atoms with van der Waals surface area (Å²) in [5.41, 5.74) is 0. The van der Waals surface area contributed by atoms with E-state index in [-0.39, 0.29) is 24.0 Å². The quantitative estimate of drug-likeness (QED) is 0.840. The van der Waals surface area contributed by atoms with Crippen molar-refractivity contribution < 1.29 is 9.59 Å². The molecule has 1 saturated carbocycles. The number of piperidine rings is 1. The summed E-state index contributed by atoms with van der Waals surface area (Å²) in [5, 5.41) is 5.80. The highest BCUT2D eigenvalue weighted by Crippen LogP contribution is 2.18. The molecule has 5 heteroatoms.